The van der Waals surface area contributed by atoms with Crippen LogP contribution in [0.3, 0.4) is 0 Å². The molecular weight excluding hydrogens is 266 g/mol. The molecule has 1 N–H and O–H groups in total. The fourth-order valence-corrected chi connectivity index (χ4v) is 4.00. The van der Waals surface area contributed by atoms with Crippen LogP contribution in [-0.4, -0.2) is 22.3 Å². The summed E-state index contributed by atoms with van der Waals surface area (Å²) in [5.74, 6) is 3.81. The van der Waals surface area contributed by atoms with E-state index in [0.29, 0.717) is 11.2 Å². The Hall–Kier alpha value is -0.770. The zero-order valence-corrected chi connectivity index (χ0v) is 14.0. The van der Waals surface area contributed by atoms with Gasteiger partial charge in [-0.2, -0.15) is 11.8 Å². The molecule has 0 aromatic carbocycles. The van der Waals surface area contributed by atoms with Crippen LogP contribution in [0.1, 0.15) is 74.7 Å². The third kappa shape index (κ3) is 3.66. The number of aromatic nitrogens is 2. The molecule has 1 fully saturated rings. The summed E-state index contributed by atoms with van der Waals surface area (Å²) in [6.45, 7) is 9.74. The van der Waals surface area contributed by atoms with Crippen molar-refractivity contribution in [2.45, 2.75) is 64.5 Å². The normalized spacial score (nSPS) is 19.4. The van der Waals surface area contributed by atoms with E-state index >= 15 is 0 Å². The van der Waals surface area contributed by atoms with Gasteiger partial charge < -0.3 is 5.32 Å². The zero-order valence-electron chi connectivity index (χ0n) is 13.2. The summed E-state index contributed by atoms with van der Waals surface area (Å²) in [6, 6.07) is 0. The van der Waals surface area contributed by atoms with Crippen LogP contribution < -0.4 is 5.32 Å². The number of anilines is 1. The molecule has 1 unspecified atom stereocenters. The molecule has 2 rings (SSSR count). The average molecular weight is 293 g/mol. The molecule has 20 heavy (non-hydrogen) atoms. The molecule has 0 spiro atoms. The maximum absolute atomic E-state index is 4.87. The quantitative estimate of drug-likeness (QED) is 0.854. The van der Waals surface area contributed by atoms with Crippen LogP contribution in [-0.2, 0) is 0 Å². The lowest BCUT2D eigenvalue weighted by atomic mass is 10.0. The van der Waals surface area contributed by atoms with E-state index in [1.807, 2.05) is 11.8 Å². The van der Waals surface area contributed by atoms with Crippen molar-refractivity contribution in [3.8, 4) is 0 Å². The first-order valence-electron chi connectivity index (χ1n) is 7.87. The van der Waals surface area contributed by atoms with Crippen molar-refractivity contribution < 1.29 is 0 Å². The third-order valence-electron chi connectivity index (χ3n) is 3.74. The Kier molecular flexibility index (Phi) is 5.70. The molecule has 4 heteroatoms. The zero-order chi connectivity index (χ0) is 14.5. The Morgan fingerprint density at radius 2 is 2.10 bits per heavy atom. The minimum Gasteiger partial charge on any atom is -0.370 e. The summed E-state index contributed by atoms with van der Waals surface area (Å²) in [5, 5.41) is 4.00. The summed E-state index contributed by atoms with van der Waals surface area (Å²) >= 11 is 2.02. The van der Waals surface area contributed by atoms with E-state index in [4.69, 9.17) is 9.97 Å². The van der Waals surface area contributed by atoms with Gasteiger partial charge in [0.15, 0.2) is 0 Å². The third-order valence-corrected chi connectivity index (χ3v) is 5.11. The maximum atomic E-state index is 4.87. The van der Waals surface area contributed by atoms with Gasteiger partial charge in [0.2, 0.25) is 0 Å². The highest BCUT2D eigenvalue weighted by Crippen LogP contribution is 2.38. The van der Waals surface area contributed by atoms with Crippen LogP contribution in [0.15, 0.2) is 0 Å². The SMILES string of the molecule is CCCNc1nc(C2CCCCS2)nc(C)c1C(C)C. The van der Waals surface area contributed by atoms with Crippen LogP contribution in [0.2, 0.25) is 0 Å². The van der Waals surface area contributed by atoms with Crippen molar-refractivity contribution >= 4 is 17.6 Å². The molecule has 1 saturated heterocycles. The summed E-state index contributed by atoms with van der Waals surface area (Å²) in [6.07, 6.45) is 4.99. The summed E-state index contributed by atoms with van der Waals surface area (Å²) in [5.41, 5.74) is 2.43. The van der Waals surface area contributed by atoms with Crippen molar-refractivity contribution in [2.75, 3.05) is 17.6 Å². The fourth-order valence-electron chi connectivity index (χ4n) is 2.76. The van der Waals surface area contributed by atoms with E-state index in [1.165, 1.54) is 30.6 Å². The van der Waals surface area contributed by atoms with E-state index in [2.05, 4.69) is 33.0 Å². The topological polar surface area (TPSA) is 37.8 Å². The van der Waals surface area contributed by atoms with Gasteiger partial charge in [-0.1, -0.05) is 27.2 Å². The molecule has 0 radical (unpaired) electrons. The molecule has 1 atom stereocenters. The second-order valence-corrected chi connectivity index (χ2v) is 7.18. The molecule has 1 aliphatic heterocycles. The van der Waals surface area contributed by atoms with Crippen LogP contribution in [0, 0.1) is 6.92 Å². The molecule has 1 aliphatic rings. The van der Waals surface area contributed by atoms with Crippen molar-refractivity contribution in [3.05, 3.63) is 17.1 Å². The number of hydrogen-bond acceptors (Lipinski definition) is 4. The summed E-state index contributed by atoms with van der Waals surface area (Å²) < 4.78 is 0. The second-order valence-electron chi connectivity index (χ2n) is 5.87. The van der Waals surface area contributed by atoms with Gasteiger partial charge in [-0.25, -0.2) is 9.97 Å². The fraction of sp³-hybridized carbons (Fsp3) is 0.750. The predicted octanol–water partition coefficient (Wildman–Crippen LogP) is 4.69. The van der Waals surface area contributed by atoms with Gasteiger partial charge in [0.25, 0.3) is 0 Å². The molecule has 0 bridgehead atoms. The highest BCUT2D eigenvalue weighted by atomic mass is 32.2. The molecule has 112 valence electrons. The molecule has 0 amide bonds. The molecular formula is C16H27N3S. The number of rotatable bonds is 5. The second kappa shape index (κ2) is 7.30. The maximum Gasteiger partial charge on any atom is 0.143 e. The number of nitrogens with one attached hydrogen (secondary N) is 1. The smallest absolute Gasteiger partial charge is 0.143 e. The van der Waals surface area contributed by atoms with Gasteiger partial charge in [0, 0.05) is 17.8 Å². The summed E-state index contributed by atoms with van der Waals surface area (Å²) in [4.78, 5) is 9.69. The molecule has 3 nitrogen and oxygen atoms in total. The first-order chi connectivity index (χ1) is 9.63. The Labute approximate surface area is 127 Å². The van der Waals surface area contributed by atoms with E-state index in [0.717, 1.165) is 30.3 Å². The minimum atomic E-state index is 0.461. The van der Waals surface area contributed by atoms with Gasteiger partial charge in [-0.15, -0.1) is 0 Å². The molecule has 0 aliphatic carbocycles. The van der Waals surface area contributed by atoms with Gasteiger partial charge in [-0.3, -0.25) is 0 Å². The number of nitrogens with zero attached hydrogens (tertiary/aromatic N) is 2. The first-order valence-corrected chi connectivity index (χ1v) is 8.92. The Morgan fingerprint density at radius 3 is 2.70 bits per heavy atom. The lowest BCUT2D eigenvalue weighted by molar-refractivity contribution is 0.657. The van der Waals surface area contributed by atoms with Crippen molar-refractivity contribution in [2.24, 2.45) is 0 Å². The van der Waals surface area contributed by atoms with E-state index < -0.39 is 0 Å². The van der Waals surface area contributed by atoms with Crippen LogP contribution in [0.4, 0.5) is 5.82 Å². The monoisotopic (exact) mass is 293 g/mol. The van der Waals surface area contributed by atoms with Gasteiger partial charge in [0.05, 0.1) is 5.25 Å². The van der Waals surface area contributed by atoms with E-state index in [1.54, 1.807) is 0 Å². The van der Waals surface area contributed by atoms with E-state index in [-0.39, 0.29) is 0 Å². The van der Waals surface area contributed by atoms with Crippen LogP contribution >= 0.6 is 11.8 Å². The van der Waals surface area contributed by atoms with E-state index in [9.17, 15) is 0 Å². The number of aryl methyl sites for hydroxylation is 1. The predicted molar refractivity (Wildman–Crippen MR) is 88.7 cm³/mol. The van der Waals surface area contributed by atoms with Crippen molar-refractivity contribution in [3.63, 3.8) is 0 Å². The Balaban J connectivity index is 2.31. The lowest BCUT2D eigenvalue weighted by Crippen LogP contribution is -2.14. The number of hydrogen-bond donors (Lipinski definition) is 1. The number of thioether (sulfide) groups is 1. The molecule has 1 aromatic rings. The highest BCUT2D eigenvalue weighted by molar-refractivity contribution is 7.99. The standard InChI is InChI=1S/C16H27N3S/c1-5-9-17-16-14(11(2)3)12(4)18-15(19-16)13-8-6-7-10-20-13/h11,13H,5-10H2,1-4H3,(H,17,18,19). The van der Waals surface area contributed by atoms with Crippen molar-refractivity contribution in [1.29, 1.82) is 0 Å². The molecule has 2 heterocycles. The van der Waals surface area contributed by atoms with Crippen LogP contribution in [0.25, 0.3) is 0 Å². The minimum absolute atomic E-state index is 0.461. The molecule has 1 aromatic heterocycles. The Morgan fingerprint density at radius 1 is 1.30 bits per heavy atom. The lowest BCUT2D eigenvalue weighted by Gasteiger charge is -2.23. The first kappa shape index (κ1) is 15.6. The van der Waals surface area contributed by atoms with Crippen molar-refractivity contribution in [1.82, 2.24) is 9.97 Å². The highest BCUT2D eigenvalue weighted by Gasteiger charge is 2.22. The molecule has 0 saturated carbocycles. The Bertz CT molecular complexity index is 440. The largest absolute Gasteiger partial charge is 0.370 e. The average Bonchev–Trinajstić information content (AvgIpc) is 2.45. The van der Waals surface area contributed by atoms with Crippen LogP contribution in [0.5, 0.6) is 0 Å². The van der Waals surface area contributed by atoms with Gasteiger partial charge >= 0.3 is 0 Å². The van der Waals surface area contributed by atoms with Gasteiger partial charge in [-0.05, 0) is 37.9 Å². The summed E-state index contributed by atoms with van der Waals surface area (Å²) in [7, 11) is 0. The van der Waals surface area contributed by atoms with Gasteiger partial charge in [0.1, 0.15) is 11.6 Å².